The van der Waals surface area contributed by atoms with Crippen LogP contribution in [0.25, 0.3) is 0 Å². The quantitative estimate of drug-likeness (QED) is 0.653. The maximum absolute atomic E-state index is 11.1. The van der Waals surface area contributed by atoms with Gasteiger partial charge in [-0.1, -0.05) is 6.58 Å². The Morgan fingerprint density at radius 3 is 2.33 bits per heavy atom. The molecule has 0 heterocycles. The van der Waals surface area contributed by atoms with E-state index in [-0.39, 0.29) is 11.8 Å². The number of likely N-dealkylation sites (N-methyl/N-ethyl adjacent to an activating group) is 1. The second-order valence-corrected chi connectivity index (χ2v) is 2.40. The van der Waals surface area contributed by atoms with Crippen molar-refractivity contribution in [3.05, 3.63) is 12.8 Å². The SMILES string of the molecule is C=CN(C(C)=O)C(C)C(=O)NC. The third-order valence-corrected chi connectivity index (χ3v) is 1.60. The minimum Gasteiger partial charge on any atom is -0.357 e. The number of hydrogen-bond donors (Lipinski definition) is 1. The smallest absolute Gasteiger partial charge is 0.242 e. The van der Waals surface area contributed by atoms with E-state index in [4.69, 9.17) is 0 Å². The summed E-state index contributed by atoms with van der Waals surface area (Å²) in [5.74, 6) is -0.397. The van der Waals surface area contributed by atoms with E-state index < -0.39 is 6.04 Å². The van der Waals surface area contributed by atoms with E-state index in [0.29, 0.717) is 0 Å². The monoisotopic (exact) mass is 170 g/mol. The highest BCUT2D eigenvalue weighted by Crippen LogP contribution is 1.99. The molecule has 0 aromatic heterocycles. The Labute approximate surface area is 72.2 Å². The fraction of sp³-hybridized carbons (Fsp3) is 0.500. The van der Waals surface area contributed by atoms with Gasteiger partial charge in [-0.3, -0.25) is 9.59 Å². The first kappa shape index (κ1) is 10.7. The van der Waals surface area contributed by atoms with Crippen molar-refractivity contribution in [2.45, 2.75) is 19.9 Å². The summed E-state index contributed by atoms with van der Waals surface area (Å²) in [6.45, 7) is 6.48. The van der Waals surface area contributed by atoms with Crippen LogP contribution in [0.15, 0.2) is 12.8 Å². The summed E-state index contributed by atoms with van der Waals surface area (Å²) < 4.78 is 0. The van der Waals surface area contributed by atoms with Gasteiger partial charge in [0.25, 0.3) is 0 Å². The molecule has 0 aliphatic rings. The zero-order chi connectivity index (χ0) is 9.72. The predicted molar refractivity (Wildman–Crippen MR) is 46.2 cm³/mol. The number of hydrogen-bond acceptors (Lipinski definition) is 2. The van der Waals surface area contributed by atoms with Crippen molar-refractivity contribution in [3.8, 4) is 0 Å². The van der Waals surface area contributed by atoms with E-state index in [0.717, 1.165) is 0 Å². The highest BCUT2D eigenvalue weighted by Gasteiger charge is 2.19. The largest absolute Gasteiger partial charge is 0.357 e. The molecule has 12 heavy (non-hydrogen) atoms. The van der Waals surface area contributed by atoms with Gasteiger partial charge in [0, 0.05) is 20.2 Å². The van der Waals surface area contributed by atoms with E-state index in [1.54, 1.807) is 6.92 Å². The predicted octanol–water partition coefficient (Wildman–Crippen LogP) is 0.113. The molecule has 68 valence electrons. The first-order valence-corrected chi connectivity index (χ1v) is 3.67. The lowest BCUT2D eigenvalue weighted by atomic mass is 10.3. The number of amides is 2. The molecular formula is C8H14N2O2. The lowest BCUT2D eigenvalue weighted by Gasteiger charge is -2.22. The molecule has 0 aromatic carbocycles. The van der Waals surface area contributed by atoms with Gasteiger partial charge in [-0.05, 0) is 6.92 Å². The third kappa shape index (κ3) is 2.38. The summed E-state index contributed by atoms with van der Waals surface area (Å²) in [5.41, 5.74) is 0. The third-order valence-electron chi connectivity index (χ3n) is 1.60. The van der Waals surface area contributed by atoms with Crippen LogP contribution in [0.5, 0.6) is 0 Å². The fourth-order valence-electron chi connectivity index (χ4n) is 0.895. The van der Waals surface area contributed by atoms with Crippen LogP contribution in [0.3, 0.4) is 0 Å². The van der Waals surface area contributed by atoms with Gasteiger partial charge in [-0.2, -0.15) is 0 Å². The van der Waals surface area contributed by atoms with E-state index in [1.807, 2.05) is 0 Å². The molecule has 0 rings (SSSR count). The van der Waals surface area contributed by atoms with Crippen LogP contribution in [0.2, 0.25) is 0 Å². The maximum Gasteiger partial charge on any atom is 0.242 e. The van der Waals surface area contributed by atoms with Crippen LogP contribution in [0, 0.1) is 0 Å². The summed E-state index contributed by atoms with van der Waals surface area (Å²) in [4.78, 5) is 23.3. The second-order valence-electron chi connectivity index (χ2n) is 2.40. The lowest BCUT2D eigenvalue weighted by Crippen LogP contribution is -2.43. The van der Waals surface area contributed by atoms with Gasteiger partial charge >= 0.3 is 0 Å². The average molecular weight is 170 g/mol. The molecule has 0 saturated carbocycles. The molecule has 0 aliphatic carbocycles. The van der Waals surface area contributed by atoms with Crippen molar-refractivity contribution < 1.29 is 9.59 Å². The average Bonchev–Trinajstić information content (AvgIpc) is 2.03. The molecule has 1 unspecified atom stereocenters. The molecule has 1 atom stereocenters. The molecule has 0 aromatic rings. The van der Waals surface area contributed by atoms with Gasteiger partial charge in [0.15, 0.2) is 0 Å². The zero-order valence-corrected chi connectivity index (χ0v) is 7.63. The van der Waals surface area contributed by atoms with Crippen molar-refractivity contribution in [2.75, 3.05) is 7.05 Å². The Balaban J connectivity index is 4.41. The molecule has 0 spiro atoms. The topological polar surface area (TPSA) is 49.4 Å². The molecule has 2 amide bonds. The van der Waals surface area contributed by atoms with Gasteiger partial charge in [0.05, 0.1) is 0 Å². The van der Waals surface area contributed by atoms with Crippen molar-refractivity contribution >= 4 is 11.8 Å². The molecule has 0 radical (unpaired) electrons. The van der Waals surface area contributed by atoms with E-state index >= 15 is 0 Å². The zero-order valence-electron chi connectivity index (χ0n) is 7.63. The summed E-state index contributed by atoms with van der Waals surface area (Å²) in [6, 6.07) is -0.495. The Bertz CT molecular complexity index is 201. The van der Waals surface area contributed by atoms with Crippen LogP contribution in [-0.4, -0.2) is 29.8 Å². The van der Waals surface area contributed by atoms with Crippen molar-refractivity contribution in [3.63, 3.8) is 0 Å². The Morgan fingerprint density at radius 2 is 2.08 bits per heavy atom. The van der Waals surface area contributed by atoms with Gasteiger partial charge in [-0.15, -0.1) is 0 Å². The van der Waals surface area contributed by atoms with Crippen LogP contribution in [0.1, 0.15) is 13.8 Å². The summed E-state index contributed by atoms with van der Waals surface area (Å²) in [7, 11) is 1.53. The van der Waals surface area contributed by atoms with E-state index in [1.165, 1.54) is 25.1 Å². The number of rotatable bonds is 3. The fourth-order valence-corrected chi connectivity index (χ4v) is 0.895. The molecule has 4 heteroatoms. The Morgan fingerprint density at radius 1 is 1.58 bits per heavy atom. The first-order valence-electron chi connectivity index (χ1n) is 3.67. The number of nitrogens with one attached hydrogen (secondary N) is 1. The lowest BCUT2D eigenvalue weighted by molar-refractivity contribution is -0.135. The van der Waals surface area contributed by atoms with Gasteiger partial charge in [0.1, 0.15) is 6.04 Å². The van der Waals surface area contributed by atoms with E-state index in [9.17, 15) is 9.59 Å². The van der Waals surface area contributed by atoms with Crippen LogP contribution < -0.4 is 5.32 Å². The Kier molecular flexibility index (Phi) is 4.04. The van der Waals surface area contributed by atoms with E-state index in [2.05, 4.69) is 11.9 Å². The standard InChI is InChI=1S/C8H14N2O2/c1-5-10(7(3)11)6(2)8(12)9-4/h5-6H,1H2,2-4H3,(H,9,12). The molecular weight excluding hydrogens is 156 g/mol. The van der Waals surface area contributed by atoms with Crippen LogP contribution in [-0.2, 0) is 9.59 Å². The minimum absolute atomic E-state index is 0.193. The minimum atomic E-state index is -0.495. The van der Waals surface area contributed by atoms with Gasteiger partial charge in [0.2, 0.25) is 11.8 Å². The Hall–Kier alpha value is -1.32. The maximum atomic E-state index is 11.1. The summed E-state index contributed by atoms with van der Waals surface area (Å²) >= 11 is 0. The molecule has 1 N–H and O–H groups in total. The molecule has 0 fully saturated rings. The molecule has 4 nitrogen and oxygen atoms in total. The number of carbonyl (C=O) groups is 2. The van der Waals surface area contributed by atoms with Crippen molar-refractivity contribution in [1.82, 2.24) is 10.2 Å². The molecule has 0 aliphatic heterocycles. The van der Waals surface area contributed by atoms with Crippen LogP contribution >= 0.6 is 0 Å². The van der Waals surface area contributed by atoms with Crippen molar-refractivity contribution in [1.29, 1.82) is 0 Å². The van der Waals surface area contributed by atoms with Crippen LogP contribution in [0.4, 0.5) is 0 Å². The number of nitrogens with zero attached hydrogens (tertiary/aromatic N) is 1. The highest BCUT2D eigenvalue weighted by atomic mass is 16.2. The van der Waals surface area contributed by atoms with Gasteiger partial charge in [-0.25, -0.2) is 0 Å². The highest BCUT2D eigenvalue weighted by molar-refractivity contribution is 5.86. The summed E-state index contributed by atoms with van der Waals surface area (Å²) in [5, 5.41) is 2.45. The summed E-state index contributed by atoms with van der Waals surface area (Å²) in [6.07, 6.45) is 1.35. The van der Waals surface area contributed by atoms with Gasteiger partial charge < -0.3 is 10.2 Å². The normalized spacial score (nSPS) is 11.6. The molecule has 0 saturated heterocycles. The molecule has 0 bridgehead atoms. The second kappa shape index (κ2) is 4.54. The van der Waals surface area contributed by atoms with Crippen molar-refractivity contribution in [2.24, 2.45) is 0 Å². The first-order chi connectivity index (χ1) is 5.54. The number of carbonyl (C=O) groups excluding carboxylic acids is 2.